The van der Waals surface area contributed by atoms with Crippen LogP contribution in [0.5, 0.6) is 11.5 Å². The summed E-state index contributed by atoms with van der Waals surface area (Å²) in [6.45, 7) is 1.88. The molecule has 0 bridgehead atoms. The summed E-state index contributed by atoms with van der Waals surface area (Å²) in [5, 5.41) is 10.5. The van der Waals surface area contributed by atoms with E-state index < -0.39 is 11.1 Å². The molecule has 0 aromatic heterocycles. The smallest absolute Gasteiger partial charge is 0.496 e. The van der Waals surface area contributed by atoms with Crippen LogP contribution in [-0.4, -0.2) is 18.2 Å². The normalized spacial score (nSPS) is 10.0. The zero-order valence-corrected chi connectivity index (χ0v) is 12.6. The van der Waals surface area contributed by atoms with Crippen LogP contribution in [0.4, 0.5) is 10.5 Å². The number of methoxy groups -OCH3 is 1. The van der Waals surface area contributed by atoms with Crippen molar-refractivity contribution in [1.82, 2.24) is 0 Å². The van der Waals surface area contributed by atoms with Crippen LogP contribution in [0, 0.1) is 17.0 Å². The van der Waals surface area contributed by atoms with Crippen molar-refractivity contribution >= 4 is 11.8 Å². The number of carbonyl (C=O) groups excluding carboxylic acids is 1. The number of nitro benzene ring substituents is 1. The number of rotatable bonds is 5. The minimum absolute atomic E-state index is 0.00331. The van der Waals surface area contributed by atoms with Gasteiger partial charge in [-0.2, -0.15) is 0 Å². The number of nitrogens with zero attached hydrogens (tertiary/aromatic N) is 1. The highest BCUT2D eigenvalue weighted by atomic mass is 16.7. The van der Waals surface area contributed by atoms with Gasteiger partial charge >= 0.3 is 6.16 Å². The predicted octanol–water partition coefficient (Wildman–Crippen LogP) is 3.63. The van der Waals surface area contributed by atoms with Crippen LogP contribution in [0.1, 0.15) is 11.1 Å². The van der Waals surface area contributed by atoms with E-state index in [0.717, 1.165) is 5.56 Å². The molecule has 0 atom stereocenters. The molecule has 23 heavy (non-hydrogen) atoms. The molecule has 0 radical (unpaired) electrons. The molecule has 0 fully saturated rings. The van der Waals surface area contributed by atoms with Crippen LogP contribution in [0.3, 0.4) is 0 Å². The van der Waals surface area contributed by atoms with Gasteiger partial charge in [-0.1, -0.05) is 18.2 Å². The van der Waals surface area contributed by atoms with Crippen LogP contribution in [0.15, 0.2) is 42.5 Å². The Bertz CT molecular complexity index is 711. The van der Waals surface area contributed by atoms with Crippen molar-refractivity contribution in [3.63, 3.8) is 0 Å². The van der Waals surface area contributed by atoms with Crippen LogP contribution in [0.2, 0.25) is 0 Å². The topological polar surface area (TPSA) is 87.9 Å². The van der Waals surface area contributed by atoms with Crippen molar-refractivity contribution in [3.8, 4) is 11.5 Å². The molecule has 2 aromatic carbocycles. The largest absolute Gasteiger partial charge is 0.514 e. The van der Waals surface area contributed by atoms with Gasteiger partial charge in [-0.15, -0.1) is 0 Å². The van der Waals surface area contributed by atoms with Gasteiger partial charge < -0.3 is 14.2 Å². The first-order valence-corrected chi connectivity index (χ1v) is 6.73. The molecule has 7 nitrogen and oxygen atoms in total. The summed E-state index contributed by atoms with van der Waals surface area (Å²) in [7, 11) is 1.54. The SMILES string of the molecule is COc1c(C)cccc1COC(=O)Oc1ccc([N+](=O)[O-])cc1. The van der Waals surface area contributed by atoms with Crippen molar-refractivity contribution in [3.05, 3.63) is 63.7 Å². The van der Waals surface area contributed by atoms with E-state index in [1.165, 1.54) is 24.3 Å². The number of hydrogen-bond acceptors (Lipinski definition) is 6. The summed E-state index contributed by atoms with van der Waals surface area (Å²) < 4.78 is 15.2. The van der Waals surface area contributed by atoms with Gasteiger partial charge in [-0.3, -0.25) is 10.1 Å². The summed E-state index contributed by atoms with van der Waals surface area (Å²) in [6.07, 6.45) is -0.901. The second-order valence-electron chi connectivity index (χ2n) is 4.66. The highest BCUT2D eigenvalue weighted by Crippen LogP contribution is 2.24. The molecule has 2 rings (SSSR count). The first-order valence-electron chi connectivity index (χ1n) is 6.73. The number of nitro groups is 1. The Kier molecular flexibility index (Phi) is 5.14. The number of para-hydroxylation sites is 1. The molecule has 120 valence electrons. The molecular formula is C16H15NO6. The maximum Gasteiger partial charge on any atom is 0.514 e. The van der Waals surface area contributed by atoms with Crippen LogP contribution in [0.25, 0.3) is 0 Å². The molecule has 2 aromatic rings. The lowest BCUT2D eigenvalue weighted by molar-refractivity contribution is -0.384. The maximum atomic E-state index is 11.7. The van der Waals surface area contributed by atoms with Gasteiger partial charge in [-0.05, 0) is 24.6 Å². The van der Waals surface area contributed by atoms with Crippen LogP contribution >= 0.6 is 0 Å². The van der Waals surface area contributed by atoms with E-state index in [1.54, 1.807) is 13.2 Å². The molecule has 7 heteroatoms. The zero-order chi connectivity index (χ0) is 16.8. The van der Waals surface area contributed by atoms with Crippen molar-refractivity contribution in [2.24, 2.45) is 0 Å². The van der Waals surface area contributed by atoms with Gasteiger partial charge in [0.25, 0.3) is 5.69 Å². The summed E-state index contributed by atoms with van der Waals surface area (Å²) >= 11 is 0. The summed E-state index contributed by atoms with van der Waals surface area (Å²) in [4.78, 5) is 21.7. The quantitative estimate of drug-likeness (QED) is 0.362. The monoisotopic (exact) mass is 317 g/mol. The molecule has 0 spiro atoms. The Balaban J connectivity index is 1.95. The maximum absolute atomic E-state index is 11.7. The fourth-order valence-corrected chi connectivity index (χ4v) is 2.02. The summed E-state index contributed by atoms with van der Waals surface area (Å²) in [5.41, 5.74) is 1.56. The average molecular weight is 317 g/mol. The summed E-state index contributed by atoms with van der Waals surface area (Å²) in [5.74, 6) is 0.812. The minimum Gasteiger partial charge on any atom is -0.496 e. The molecule has 0 aliphatic heterocycles. The van der Waals surface area contributed by atoms with Crippen molar-refractivity contribution < 1.29 is 23.9 Å². The zero-order valence-electron chi connectivity index (χ0n) is 12.6. The van der Waals surface area contributed by atoms with Gasteiger partial charge in [-0.25, -0.2) is 4.79 Å². The van der Waals surface area contributed by atoms with Crippen molar-refractivity contribution in [2.75, 3.05) is 7.11 Å². The standard InChI is InChI=1S/C16H15NO6/c1-11-4-3-5-12(15(11)21-2)10-22-16(18)23-14-8-6-13(7-9-14)17(19)20/h3-9H,10H2,1-2H3. The molecule has 0 heterocycles. The third kappa shape index (κ3) is 4.19. The first kappa shape index (κ1) is 16.3. The Morgan fingerprint density at radius 1 is 1.17 bits per heavy atom. The molecule has 0 saturated heterocycles. The van der Waals surface area contributed by atoms with Crippen LogP contribution < -0.4 is 9.47 Å². The summed E-state index contributed by atoms with van der Waals surface area (Å²) in [6, 6.07) is 10.6. The molecule has 0 aliphatic rings. The van der Waals surface area contributed by atoms with E-state index in [2.05, 4.69) is 0 Å². The highest BCUT2D eigenvalue weighted by Gasteiger charge is 2.12. The van der Waals surface area contributed by atoms with E-state index in [0.29, 0.717) is 11.3 Å². The Morgan fingerprint density at radius 3 is 2.48 bits per heavy atom. The van der Waals surface area contributed by atoms with E-state index >= 15 is 0 Å². The van der Waals surface area contributed by atoms with Crippen molar-refractivity contribution in [1.29, 1.82) is 0 Å². The third-order valence-electron chi connectivity index (χ3n) is 3.09. The molecule has 0 amide bonds. The molecule has 0 unspecified atom stereocenters. The highest BCUT2D eigenvalue weighted by molar-refractivity contribution is 5.64. The number of ether oxygens (including phenoxy) is 3. The fraction of sp³-hybridized carbons (Fsp3) is 0.188. The molecular weight excluding hydrogens is 302 g/mol. The van der Waals surface area contributed by atoms with E-state index in [1.807, 2.05) is 19.1 Å². The van der Waals surface area contributed by atoms with Gasteiger partial charge in [0, 0.05) is 17.7 Å². The third-order valence-corrected chi connectivity index (χ3v) is 3.09. The number of benzene rings is 2. The molecule has 0 aliphatic carbocycles. The Morgan fingerprint density at radius 2 is 1.87 bits per heavy atom. The van der Waals surface area contributed by atoms with Gasteiger partial charge in [0.15, 0.2) is 0 Å². The first-order chi connectivity index (χ1) is 11.0. The van der Waals surface area contributed by atoms with E-state index in [-0.39, 0.29) is 18.0 Å². The molecule has 0 saturated carbocycles. The van der Waals surface area contributed by atoms with Gasteiger partial charge in [0.1, 0.15) is 18.1 Å². The second kappa shape index (κ2) is 7.26. The lowest BCUT2D eigenvalue weighted by Crippen LogP contribution is -2.11. The lowest BCUT2D eigenvalue weighted by Gasteiger charge is -2.11. The number of aryl methyl sites for hydroxylation is 1. The molecule has 0 N–H and O–H groups in total. The minimum atomic E-state index is -0.901. The predicted molar refractivity (Wildman–Crippen MR) is 81.6 cm³/mol. The lowest BCUT2D eigenvalue weighted by atomic mass is 10.1. The Hall–Kier alpha value is -3.09. The van der Waals surface area contributed by atoms with Crippen LogP contribution in [-0.2, 0) is 11.3 Å². The number of hydrogen-bond donors (Lipinski definition) is 0. The van der Waals surface area contributed by atoms with Gasteiger partial charge in [0.05, 0.1) is 12.0 Å². The second-order valence-corrected chi connectivity index (χ2v) is 4.66. The number of non-ortho nitro benzene ring substituents is 1. The Labute approximate surface area is 132 Å². The van der Waals surface area contributed by atoms with E-state index in [4.69, 9.17) is 14.2 Å². The average Bonchev–Trinajstić information content (AvgIpc) is 2.53. The van der Waals surface area contributed by atoms with Gasteiger partial charge in [0.2, 0.25) is 0 Å². The van der Waals surface area contributed by atoms with E-state index in [9.17, 15) is 14.9 Å². The number of carbonyl (C=O) groups is 1. The fourth-order valence-electron chi connectivity index (χ4n) is 2.02. The van der Waals surface area contributed by atoms with Crippen molar-refractivity contribution in [2.45, 2.75) is 13.5 Å².